The highest BCUT2D eigenvalue weighted by molar-refractivity contribution is 5.70. The predicted molar refractivity (Wildman–Crippen MR) is 270 cm³/mol. The van der Waals surface area contributed by atoms with Crippen molar-refractivity contribution in [2.24, 2.45) is 0 Å². The molecule has 1 unspecified atom stereocenters. The number of aliphatic hydroxyl groups is 1. The molecule has 5 nitrogen and oxygen atoms in total. The number of hydrogen-bond donors (Lipinski definition) is 1. The van der Waals surface area contributed by atoms with Crippen molar-refractivity contribution < 1.29 is 24.2 Å². The van der Waals surface area contributed by atoms with Gasteiger partial charge in [0.2, 0.25) is 0 Å². The minimum Gasteiger partial charge on any atom is -0.462 e. The van der Waals surface area contributed by atoms with Gasteiger partial charge >= 0.3 is 11.9 Å². The topological polar surface area (TPSA) is 72.8 Å². The van der Waals surface area contributed by atoms with Gasteiger partial charge in [-0.2, -0.15) is 0 Å². The molecule has 0 spiro atoms. The van der Waals surface area contributed by atoms with Crippen LogP contribution in [0.15, 0.2) is 0 Å². The molecular weight excluding hydrogens is 765 g/mol. The lowest BCUT2D eigenvalue weighted by atomic mass is 10.0. The quantitative estimate of drug-likeness (QED) is 0.0487. The van der Waals surface area contributed by atoms with Crippen molar-refractivity contribution in [2.45, 2.75) is 341 Å². The van der Waals surface area contributed by atoms with E-state index in [1.807, 2.05) is 0 Å². The summed E-state index contributed by atoms with van der Waals surface area (Å²) >= 11 is 0. The van der Waals surface area contributed by atoms with Crippen LogP contribution in [0, 0.1) is 0 Å². The molecule has 0 aromatic heterocycles. The third kappa shape index (κ3) is 51.5. The molecule has 370 valence electrons. The number of aliphatic hydroxyl groups excluding tert-OH is 1. The maximum atomic E-state index is 12.3. The van der Waals surface area contributed by atoms with E-state index in [-0.39, 0.29) is 25.2 Å². The molecule has 0 saturated heterocycles. The zero-order valence-corrected chi connectivity index (χ0v) is 42.4. The SMILES string of the molecule is CCCCCCCCCCCCCCCCCCCCCCCCCCCCCC(=O)OC(CO)COC(=O)CCCCCCCCCCCCCCCCCCCCCCC. The Morgan fingerprint density at radius 2 is 0.500 bits per heavy atom. The molecule has 1 atom stereocenters. The largest absolute Gasteiger partial charge is 0.462 e. The van der Waals surface area contributed by atoms with Gasteiger partial charge in [0.05, 0.1) is 6.61 Å². The highest BCUT2D eigenvalue weighted by atomic mass is 16.6. The predicted octanol–water partition coefficient (Wildman–Crippen LogP) is 19.0. The second kappa shape index (κ2) is 54.2. The van der Waals surface area contributed by atoms with E-state index in [9.17, 15) is 14.7 Å². The van der Waals surface area contributed by atoms with E-state index in [0.29, 0.717) is 12.8 Å². The molecule has 0 aromatic rings. The van der Waals surface area contributed by atoms with E-state index in [1.54, 1.807) is 0 Å². The van der Waals surface area contributed by atoms with Crippen LogP contribution in [0.2, 0.25) is 0 Å². The van der Waals surface area contributed by atoms with E-state index in [0.717, 1.165) is 32.1 Å². The van der Waals surface area contributed by atoms with E-state index >= 15 is 0 Å². The van der Waals surface area contributed by atoms with Crippen LogP contribution in [0.1, 0.15) is 335 Å². The molecule has 0 heterocycles. The van der Waals surface area contributed by atoms with Gasteiger partial charge in [0.1, 0.15) is 6.61 Å². The second-order valence-corrected chi connectivity index (χ2v) is 19.7. The Balaban J connectivity index is 3.39. The smallest absolute Gasteiger partial charge is 0.306 e. The summed E-state index contributed by atoms with van der Waals surface area (Å²) in [4.78, 5) is 24.5. The van der Waals surface area contributed by atoms with E-state index in [1.165, 1.54) is 276 Å². The number of carbonyl (C=O) groups is 2. The zero-order valence-electron chi connectivity index (χ0n) is 42.4. The minimum absolute atomic E-state index is 0.0557. The highest BCUT2D eigenvalue weighted by Gasteiger charge is 2.16. The molecule has 5 heteroatoms. The number of hydrogen-bond acceptors (Lipinski definition) is 5. The Morgan fingerprint density at radius 3 is 0.710 bits per heavy atom. The van der Waals surface area contributed by atoms with Crippen molar-refractivity contribution in [3.63, 3.8) is 0 Å². The molecule has 62 heavy (non-hydrogen) atoms. The number of unbranched alkanes of at least 4 members (excludes halogenated alkanes) is 46. The summed E-state index contributed by atoms with van der Waals surface area (Å²) in [6, 6.07) is 0. The molecule has 1 N–H and O–H groups in total. The third-order valence-corrected chi connectivity index (χ3v) is 13.4. The molecule has 0 aliphatic heterocycles. The monoisotopic (exact) mass is 877 g/mol. The lowest BCUT2D eigenvalue weighted by molar-refractivity contribution is -0.161. The molecule has 0 amide bonds. The first kappa shape index (κ1) is 60.9. The lowest BCUT2D eigenvalue weighted by Crippen LogP contribution is -2.28. The van der Waals surface area contributed by atoms with Gasteiger partial charge in [-0.3, -0.25) is 9.59 Å². The van der Waals surface area contributed by atoms with E-state index in [4.69, 9.17) is 9.47 Å². The summed E-state index contributed by atoms with van der Waals surface area (Å²) in [5.41, 5.74) is 0. The van der Waals surface area contributed by atoms with Gasteiger partial charge in [0.15, 0.2) is 6.10 Å². The Labute approximate surface area is 389 Å². The number of carbonyl (C=O) groups excluding carboxylic acids is 2. The van der Waals surface area contributed by atoms with Crippen LogP contribution in [0.4, 0.5) is 0 Å². The van der Waals surface area contributed by atoms with Crippen LogP contribution < -0.4 is 0 Å². The fraction of sp³-hybridized carbons (Fsp3) is 0.965. The summed E-state index contributed by atoms with van der Waals surface area (Å²) in [5.74, 6) is -0.563. The van der Waals surface area contributed by atoms with Crippen molar-refractivity contribution in [1.82, 2.24) is 0 Å². The number of ether oxygens (including phenoxy) is 2. The summed E-state index contributed by atoms with van der Waals surface area (Å²) in [7, 11) is 0. The van der Waals surface area contributed by atoms with Crippen LogP contribution >= 0.6 is 0 Å². The standard InChI is InChI=1S/C57H112O5/c1-3-5-7-9-11-13-15-17-19-21-23-25-26-27-28-29-30-32-34-36-38-40-42-44-46-48-50-52-57(60)62-55(53-58)54-61-56(59)51-49-47-45-43-41-39-37-35-33-31-24-22-20-18-16-14-12-10-8-6-4-2/h55,58H,3-54H2,1-2H3. The molecule has 0 bridgehead atoms. The highest BCUT2D eigenvalue weighted by Crippen LogP contribution is 2.18. The average Bonchev–Trinajstić information content (AvgIpc) is 3.28. The Morgan fingerprint density at radius 1 is 0.306 bits per heavy atom. The fourth-order valence-corrected chi connectivity index (χ4v) is 9.09. The van der Waals surface area contributed by atoms with Gasteiger partial charge in [0, 0.05) is 12.8 Å². The third-order valence-electron chi connectivity index (χ3n) is 13.4. The maximum absolute atomic E-state index is 12.3. The Bertz CT molecular complexity index is 860. The maximum Gasteiger partial charge on any atom is 0.306 e. The van der Waals surface area contributed by atoms with Crippen molar-refractivity contribution in [1.29, 1.82) is 0 Å². The summed E-state index contributed by atoms with van der Waals surface area (Å²) in [6.07, 6.45) is 65.1. The van der Waals surface area contributed by atoms with Crippen molar-refractivity contribution in [2.75, 3.05) is 13.2 Å². The van der Waals surface area contributed by atoms with Crippen molar-refractivity contribution >= 4 is 11.9 Å². The van der Waals surface area contributed by atoms with Gasteiger partial charge in [-0.05, 0) is 12.8 Å². The first-order valence-corrected chi connectivity index (χ1v) is 28.6. The van der Waals surface area contributed by atoms with Crippen LogP contribution in [-0.2, 0) is 19.1 Å². The van der Waals surface area contributed by atoms with Crippen LogP contribution in [-0.4, -0.2) is 36.4 Å². The summed E-state index contributed by atoms with van der Waals surface area (Å²) in [5, 5.41) is 9.65. The minimum atomic E-state index is -0.764. The molecule has 0 rings (SSSR count). The Hall–Kier alpha value is -1.10. The van der Waals surface area contributed by atoms with Gasteiger partial charge in [-0.15, -0.1) is 0 Å². The number of esters is 2. The first-order chi connectivity index (χ1) is 30.6. The van der Waals surface area contributed by atoms with Crippen LogP contribution in [0.5, 0.6) is 0 Å². The van der Waals surface area contributed by atoms with E-state index in [2.05, 4.69) is 13.8 Å². The van der Waals surface area contributed by atoms with Gasteiger partial charge in [-0.1, -0.05) is 309 Å². The molecule has 0 aliphatic rings. The Kier molecular flexibility index (Phi) is 53.3. The molecular formula is C57H112O5. The van der Waals surface area contributed by atoms with Gasteiger partial charge in [-0.25, -0.2) is 0 Å². The number of rotatable bonds is 54. The van der Waals surface area contributed by atoms with Crippen molar-refractivity contribution in [3.05, 3.63) is 0 Å². The molecule has 0 aliphatic carbocycles. The average molecular weight is 878 g/mol. The summed E-state index contributed by atoms with van der Waals surface area (Å²) in [6.45, 7) is 4.21. The van der Waals surface area contributed by atoms with Gasteiger partial charge < -0.3 is 14.6 Å². The molecule has 0 fully saturated rings. The molecule has 0 aromatic carbocycles. The zero-order chi connectivity index (χ0) is 44.9. The van der Waals surface area contributed by atoms with Crippen LogP contribution in [0.3, 0.4) is 0 Å². The lowest BCUT2D eigenvalue weighted by Gasteiger charge is -2.15. The van der Waals surface area contributed by atoms with Gasteiger partial charge in [0.25, 0.3) is 0 Å². The molecule has 0 radical (unpaired) electrons. The normalized spacial score (nSPS) is 12.0. The van der Waals surface area contributed by atoms with Crippen molar-refractivity contribution in [3.8, 4) is 0 Å². The summed E-state index contributed by atoms with van der Waals surface area (Å²) < 4.78 is 10.7. The van der Waals surface area contributed by atoms with E-state index < -0.39 is 6.10 Å². The van der Waals surface area contributed by atoms with Crippen LogP contribution in [0.25, 0.3) is 0 Å². The molecule has 0 saturated carbocycles. The first-order valence-electron chi connectivity index (χ1n) is 28.6. The second-order valence-electron chi connectivity index (χ2n) is 19.7. The fourth-order valence-electron chi connectivity index (χ4n) is 9.09.